The summed E-state index contributed by atoms with van der Waals surface area (Å²) in [6, 6.07) is 1.09. The van der Waals surface area contributed by atoms with Gasteiger partial charge in [0.2, 0.25) is 70.9 Å². The lowest BCUT2D eigenvalue weighted by molar-refractivity contribution is -0.161. The van der Waals surface area contributed by atoms with E-state index in [0.29, 0.717) is 58.0 Å². The molecule has 2 aliphatic carbocycles. The normalized spacial score (nSPS) is 26.9. The molecule has 534 valence electrons. The van der Waals surface area contributed by atoms with Crippen LogP contribution in [0, 0.1) is 17.8 Å². The van der Waals surface area contributed by atoms with Gasteiger partial charge in [-0.05, 0) is 139 Å². The number of likely N-dealkylation sites (tertiary alicyclic amines) is 1. The zero-order chi connectivity index (χ0) is 71.9. The van der Waals surface area contributed by atoms with Crippen molar-refractivity contribution in [1.82, 2.24) is 54.7 Å². The van der Waals surface area contributed by atoms with E-state index in [-0.39, 0.29) is 43.0 Å². The second-order valence-corrected chi connectivity index (χ2v) is 28.0. The first kappa shape index (κ1) is 76.5. The Morgan fingerprint density at radius 1 is 0.639 bits per heavy atom. The summed E-state index contributed by atoms with van der Waals surface area (Å²) in [5.41, 5.74) is -2.43. The number of para-hydroxylation sites is 1. The van der Waals surface area contributed by atoms with Crippen molar-refractivity contribution in [3.05, 3.63) is 64.7 Å². The molecule has 2 N–H and O–H groups in total. The molecule has 0 aromatic heterocycles. The molecule has 2 aromatic carbocycles. The molecule has 0 spiro atoms. The first-order valence-corrected chi connectivity index (χ1v) is 34.2. The molecule has 28 heteroatoms. The van der Waals surface area contributed by atoms with Crippen LogP contribution in [0.5, 0.6) is 0 Å². The summed E-state index contributed by atoms with van der Waals surface area (Å²) in [5.74, 6) is -9.44. The molecule has 24 nitrogen and oxygen atoms in total. The van der Waals surface area contributed by atoms with E-state index < -0.39 is 173 Å². The molecule has 0 radical (unpaired) electrons. The third-order valence-corrected chi connectivity index (χ3v) is 21.5. The predicted molar refractivity (Wildman–Crippen MR) is 355 cm³/mol. The van der Waals surface area contributed by atoms with Gasteiger partial charge in [-0.25, -0.2) is 0 Å². The van der Waals surface area contributed by atoms with Gasteiger partial charge >= 0.3 is 6.18 Å². The Morgan fingerprint density at radius 3 is 1.77 bits per heavy atom. The van der Waals surface area contributed by atoms with Crippen LogP contribution in [0.1, 0.15) is 136 Å². The van der Waals surface area contributed by atoms with Gasteiger partial charge in [-0.2, -0.15) is 13.2 Å². The second-order valence-electron chi connectivity index (χ2n) is 27.6. The summed E-state index contributed by atoms with van der Waals surface area (Å²) >= 11 is 6.15. The number of aryl methyl sites for hydroxylation is 1. The number of nitrogens with one attached hydrogen (secondary N) is 2. The van der Waals surface area contributed by atoms with Gasteiger partial charge in [-0.15, -0.1) is 0 Å². The molecule has 3 heterocycles. The SMILES string of the molecule is CC[C@H](C)[C@@H]1NC(=O)[C@H](C)N(C)C(=O)C[C@@H](C(=O)N2CCCCC2)N(C)C(=O)[C@H](C2CCC2)N(C)C(=O)C(C)(C)N(C)C(=O)CN(c2ccccc2)C(=O)[C@H](CCc2ccc(C(F)(F)F)c(Cl)c2)NC(=O)CN(C)C(=O)[C@H](C2CCC2)N(C)C(=O)[C@@H]2CCN2C(=O)[C@H](C)N(C)C1=O. The number of hydrogen-bond donors (Lipinski definition) is 2. The summed E-state index contributed by atoms with van der Waals surface area (Å²) in [7, 11) is 9.76. The first-order chi connectivity index (χ1) is 45.5. The number of amides is 12. The summed E-state index contributed by atoms with van der Waals surface area (Å²) in [4.78, 5) is 190. The fourth-order valence-corrected chi connectivity index (χ4v) is 13.6. The highest BCUT2D eigenvalue weighted by atomic mass is 35.5. The Hall–Kier alpha value is -7.84. The molecule has 97 heavy (non-hydrogen) atoms. The third kappa shape index (κ3) is 17.2. The number of hydrogen-bond acceptors (Lipinski definition) is 12. The molecular weight excluding hydrogens is 1280 g/mol. The van der Waals surface area contributed by atoms with Gasteiger partial charge in [-0.3, -0.25) is 57.5 Å². The average molecular weight is 1380 g/mol. The van der Waals surface area contributed by atoms with Crippen LogP contribution in [0.2, 0.25) is 5.02 Å². The number of piperidine rings is 1. The number of likely N-dealkylation sites (N-methyl/N-ethyl adjacent to an activating group) is 7. The number of fused-ring (bicyclic) bond motifs is 1. The Balaban J connectivity index is 1.28. The summed E-state index contributed by atoms with van der Waals surface area (Å²) in [5, 5.41) is 4.94. The van der Waals surface area contributed by atoms with Crippen molar-refractivity contribution in [3.63, 3.8) is 0 Å². The minimum atomic E-state index is -4.78. The van der Waals surface area contributed by atoms with Crippen molar-refractivity contribution in [2.45, 2.75) is 191 Å². The summed E-state index contributed by atoms with van der Waals surface area (Å²) in [6.07, 6.45) is 0.680. The monoisotopic (exact) mass is 1380 g/mol. The number of nitrogens with zero attached hydrogens (tertiary/aromatic N) is 10. The van der Waals surface area contributed by atoms with Gasteiger partial charge in [0.1, 0.15) is 60.4 Å². The van der Waals surface area contributed by atoms with Crippen molar-refractivity contribution < 1.29 is 70.7 Å². The fourth-order valence-electron chi connectivity index (χ4n) is 13.3. The van der Waals surface area contributed by atoms with Crippen molar-refractivity contribution in [2.75, 3.05) is 87.0 Å². The van der Waals surface area contributed by atoms with Crippen LogP contribution < -0.4 is 15.5 Å². The molecule has 0 bridgehead atoms. The van der Waals surface area contributed by atoms with Crippen LogP contribution in [0.3, 0.4) is 0 Å². The average Bonchev–Trinajstić information content (AvgIpc) is 0.781. The molecule has 5 aliphatic rings. The van der Waals surface area contributed by atoms with Crippen LogP contribution in [0.25, 0.3) is 0 Å². The zero-order valence-electron chi connectivity index (χ0n) is 58.3. The molecule has 7 rings (SSSR count). The van der Waals surface area contributed by atoms with E-state index in [1.165, 1.54) is 120 Å². The van der Waals surface area contributed by atoms with Crippen molar-refractivity contribution in [3.8, 4) is 0 Å². The Bertz CT molecular complexity index is 3270. The van der Waals surface area contributed by atoms with Crippen molar-refractivity contribution in [1.29, 1.82) is 0 Å². The van der Waals surface area contributed by atoms with Crippen molar-refractivity contribution in [2.24, 2.45) is 17.8 Å². The number of carbonyl (C=O) groups excluding carboxylic acids is 12. The van der Waals surface area contributed by atoms with Crippen LogP contribution >= 0.6 is 11.6 Å². The summed E-state index contributed by atoms with van der Waals surface area (Å²) < 4.78 is 41.6. The minimum Gasteiger partial charge on any atom is -0.343 e. The predicted octanol–water partition coefficient (Wildman–Crippen LogP) is 4.83. The molecule has 3 aliphatic heterocycles. The standard InChI is InChI=1S/C69H98ClF3N12O12/c1-14-41(2)56-64(94)78(9)43(4)60(90)84-36-33-51(84)62(92)80(11)57(45-23-21-24-45)65(95)76(7)39-53(86)74-50(32-30-44-29-31-48(49(70)37-44)69(71,72)73)61(91)85(47-27-17-15-18-28-47)40-55(88)82(13)68(5,6)67(97)81(12)58(46-25-22-26-46)66(96)79(10)52(63(93)83-34-19-16-20-35-83)38-54(87)77(8)42(3)59(89)75-56/h15,17-18,27-29,31,37,41-43,45-46,50-52,56-58H,14,16,19-26,30,32-36,38-40H2,1-13H3,(H,74,86)(H,75,89)/t41-,42-,43-,50-,51-,52-,56-,57-,58-/m0/s1. The van der Waals surface area contributed by atoms with Gasteiger partial charge in [-0.1, -0.05) is 69.0 Å². The lowest BCUT2D eigenvalue weighted by Gasteiger charge is -2.46. The van der Waals surface area contributed by atoms with E-state index in [4.69, 9.17) is 11.6 Å². The van der Waals surface area contributed by atoms with Crippen LogP contribution in [0.4, 0.5) is 18.9 Å². The third-order valence-electron chi connectivity index (χ3n) is 21.2. The number of anilines is 1. The smallest absolute Gasteiger partial charge is 0.343 e. The molecule has 5 fully saturated rings. The molecular formula is C69H98ClF3N12O12. The maximum Gasteiger partial charge on any atom is 0.417 e. The van der Waals surface area contributed by atoms with E-state index in [0.717, 1.165) is 51.0 Å². The highest BCUT2D eigenvalue weighted by Crippen LogP contribution is 2.38. The van der Waals surface area contributed by atoms with Gasteiger partial charge in [0, 0.05) is 74.7 Å². The lowest BCUT2D eigenvalue weighted by atomic mass is 9.78. The van der Waals surface area contributed by atoms with Gasteiger partial charge in [0.15, 0.2) is 0 Å². The molecule has 9 atom stereocenters. The van der Waals surface area contributed by atoms with E-state index in [1.54, 1.807) is 30.0 Å². The van der Waals surface area contributed by atoms with E-state index in [2.05, 4.69) is 10.6 Å². The van der Waals surface area contributed by atoms with Crippen LogP contribution in [-0.2, 0) is 70.1 Å². The Morgan fingerprint density at radius 2 is 1.24 bits per heavy atom. The largest absolute Gasteiger partial charge is 0.417 e. The maximum atomic E-state index is 15.4. The highest BCUT2D eigenvalue weighted by Gasteiger charge is 2.50. The van der Waals surface area contributed by atoms with E-state index >= 15 is 14.4 Å². The topological polar surface area (TPSA) is 261 Å². The molecule has 2 aromatic rings. The first-order valence-electron chi connectivity index (χ1n) is 33.8. The molecule has 2 saturated carbocycles. The van der Waals surface area contributed by atoms with Gasteiger partial charge in [0.25, 0.3) is 0 Å². The second kappa shape index (κ2) is 32.2. The minimum absolute atomic E-state index is 0.136. The van der Waals surface area contributed by atoms with Crippen LogP contribution in [0.15, 0.2) is 48.5 Å². The van der Waals surface area contributed by atoms with E-state index in [9.17, 15) is 56.3 Å². The lowest BCUT2D eigenvalue weighted by Crippen LogP contribution is -2.65. The number of benzene rings is 2. The van der Waals surface area contributed by atoms with E-state index in [1.807, 2.05) is 6.92 Å². The number of rotatable bonds is 9. The highest BCUT2D eigenvalue weighted by molar-refractivity contribution is 6.31. The van der Waals surface area contributed by atoms with Crippen LogP contribution in [-0.4, -0.2) is 251 Å². The molecule has 12 amide bonds. The molecule has 0 unspecified atom stereocenters. The van der Waals surface area contributed by atoms with Crippen molar-refractivity contribution >= 4 is 88.2 Å². The number of halogens is 4. The fraction of sp³-hybridized carbons (Fsp3) is 0.652. The Labute approximate surface area is 572 Å². The van der Waals surface area contributed by atoms with Gasteiger partial charge < -0.3 is 59.6 Å². The maximum absolute atomic E-state index is 15.4. The zero-order valence-corrected chi connectivity index (χ0v) is 59.0. The van der Waals surface area contributed by atoms with Gasteiger partial charge in [0.05, 0.1) is 23.6 Å². The Kier molecular flexibility index (Phi) is 25.4. The molecule has 3 saturated heterocycles. The summed E-state index contributed by atoms with van der Waals surface area (Å²) in [6.45, 7) is 8.92. The number of alkyl halides is 3. The number of carbonyl (C=O) groups is 12. The quantitative estimate of drug-likeness (QED) is 0.342.